The van der Waals surface area contributed by atoms with Crippen LogP contribution in [0.4, 0.5) is 4.39 Å². The highest BCUT2D eigenvalue weighted by atomic mass is 19.1. The molecule has 0 amide bonds. The third kappa shape index (κ3) is 1.59. The zero-order chi connectivity index (χ0) is 13.6. The van der Waals surface area contributed by atoms with Crippen molar-refractivity contribution in [2.45, 2.75) is 20.3 Å². The van der Waals surface area contributed by atoms with Crippen molar-refractivity contribution in [3.63, 3.8) is 0 Å². The minimum Gasteiger partial charge on any atom is -0.205 e. The van der Waals surface area contributed by atoms with Gasteiger partial charge in [-0.3, -0.25) is 0 Å². The zero-order valence-corrected chi connectivity index (χ0v) is 11.2. The van der Waals surface area contributed by atoms with Crippen LogP contribution in [0.15, 0.2) is 24.3 Å². The van der Waals surface area contributed by atoms with Crippen molar-refractivity contribution < 1.29 is 9.07 Å². The van der Waals surface area contributed by atoms with Crippen LogP contribution < -0.4 is 4.68 Å². The Morgan fingerprint density at radius 3 is 2.58 bits per heavy atom. The Kier molecular flexibility index (Phi) is 2.66. The highest BCUT2D eigenvalue weighted by molar-refractivity contribution is 6.01. The van der Waals surface area contributed by atoms with Gasteiger partial charge in [-0.1, -0.05) is 31.2 Å². The van der Waals surface area contributed by atoms with Gasteiger partial charge in [-0.25, -0.2) is 4.39 Å². The fourth-order valence-corrected chi connectivity index (χ4v) is 2.68. The number of halogens is 1. The van der Waals surface area contributed by atoms with Crippen LogP contribution in [0.1, 0.15) is 18.2 Å². The molecule has 3 aromatic rings. The molecule has 0 radical (unpaired) electrons. The predicted molar refractivity (Wildman–Crippen MR) is 72.3 cm³/mol. The summed E-state index contributed by atoms with van der Waals surface area (Å²) in [6.07, 6.45) is 0.719. The highest BCUT2D eigenvalue weighted by Gasteiger charge is 2.22. The lowest BCUT2D eigenvalue weighted by atomic mass is 9.99. The molecule has 2 aromatic carbocycles. The zero-order valence-electron chi connectivity index (χ0n) is 11.2. The molecule has 96 valence electrons. The Balaban J connectivity index is 2.64. The lowest BCUT2D eigenvalue weighted by Gasteiger charge is -2.08. The second-order valence-electron chi connectivity index (χ2n) is 4.72. The maximum absolute atomic E-state index is 14.8. The predicted octanol–water partition coefficient (Wildman–Crippen LogP) is 2.62. The number of hydrogen-bond donors (Lipinski definition) is 0. The summed E-state index contributed by atoms with van der Waals surface area (Å²) in [5.41, 5.74) is 2.51. The molecule has 0 fully saturated rings. The molecule has 1 aromatic heterocycles. The first kappa shape index (κ1) is 12.0. The standard InChI is InChI=1S/C15H15FN3/c1-4-12-13-14(16)11-8-6-5-7-10(11)9(2)15(13)17-18-19(12)3/h5-8H,4H2,1-3H3/q+1. The summed E-state index contributed by atoms with van der Waals surface area (Å²) in [5.74, 6) is -0.196. The van der Waals surface area contributed by atoms with Crippen LogP contribution in [0, 0.1) is 12.7 Å². The van der Waals surface area contributed by atoms with Gasteiger partial charge in [0.2, 0.25) is 5.52 Å². The largest absolute Gasteiger partial charge is 0.221 e. The van der Waals surface area contributed by atoms with Gasteiger partial charge in [0.1, 0.15) is 29.2 Å². The van der Waals surface area contributed by atoms with Crippen molar-refractivity contribution >= 4 is 21.7 Å². The van der Waals surface area contributed by atoms with Gasteiger partial charge in [-0.05, 0) is 12.3 Å². The molecule has 19 heavy (non-hydrogen) atoms. The van der Waals surface area contributed by atoms with Gasteiger partial charge in [0.25, 0.3) is 0 Å². The number of rotatable bonds is 1. The van der Waals surface area contributed by atoms with E-state index >= 15 is 0 Å². The molecule has 1 heterocycles. The second kappa shape index (κ2) is 4.23. The summed E-state index contributed by atoms with van der Waals surface area (Å²) in [4.78, 5) is 0. The minimum atomic E-state index is -0.196. The van der Waals surface area contributed by atoms with E-state index in [2.05, 4.69) is 10.3 Å². The first-order valence-corrected chi connectivity index (χ1v) is 6.37. The van der Waals surface area contributed by atoms with Gasteiger partial charge in [0.05, 0.1) is 5.10 Å². The molecular formula is C15H15FN3+. The summed E-state index contributed by atoms with van der Waals surface area (Å²) in [7, 11) is 1.80. The number of hydrogen-bond acceptors (Lipinski definition) is 2. The molecule has 0 atom stereocenters. The van der Waals surface area contributed by atoms with Crippen LogP contribution in [0.25, 0.3) is 21.7 Å². The Morgan fingerprint density at radius 1 is 1.21 bits per heavy atom. The van der Waals surface area contributed by atoms with E-state index in [9.17, 15) is 4.39 Å². The second-order valence-corrected chi connectivity index (χ2v) is 4.72. The van der Waals surface area contributed by atoms with Crippen LogP contribution >= 0.6 is 0 Å². The number of aromatic nitrogens is 3. The molecule has 0 saturated carbocycles. The quantitative estimate of drug-likeness (QED) is 0.495. The average molecular weight is 256 g/mol. The van der Waals surface area contributed by atoms with Crippen molar-refractivity contribution in [1.29, 1.82) is 0 Å². The molecule has 3 rings (SSSR count). The number of aryl methyl sites for hydroxylation is 3. The first-order chi connectivity index (χ1) is 9.15. The maximum Gasteiger partial charge on any atom is 0.221 e. The number of fused-ring (bicyclic) bond motifs is 2. The van der Waals surface area contributed by atoms with Gasteiger partial charge >= 0.3 is 0 Å². The normalized spacial score (nSPS) is 11.4. The van der Waals surface area contributed by atoms with Gasteiger partial charge in [0.15, 0.2) is 0 Å². The van der Waals surface area contributed by atoms with E-state index in [4.69, 9.17) is 0 Å². The molecule has 0 N–H and O–H groups in total. The van der Waals surface area contributed by atoms with E-state index in [1.807, 2.05) is 38.1 Å². The molecular weight excluding hydrogens is 241 g/mol. The first-order valence-electron chi connectivity index (χ1n) is 6.37. The van der Waals surface area contributed by atoms with E-state index in [1.54, 1.807) is 11.7 Å². The van der Waals surface area contributed by atoms with Crippen molar-refractivity contribution in [1.82, 2.24) is 10.3 Å². The van der Waals surface area contributed by atoms with Crippen LogP contribution in [-0.2, 0) is 13.5 Å². The molecule has 0 bridgehead atoms. The van der Waals surface area contributed by atoms with Gasteiger partial charge in [-0.2, -0.15) is 0 Å². The molecule has 0 spiro atoms. The van der Waals surface area contributed by atoms with E-state index in [1.165, 1.54) is 0 Å². The molecule has 0 saturated heterocycles. The summed E-state index contributed by atoms with van der Waals surface area (Å²) >= 11 is 0. The summed E-state index contributed by atoms with van der Waals surface area (Å²) < 4.78 is 16.4. The molecule has 0 aliphatic carbocycles. The van der Waals surface area contributed by atoms with E-state index in [0.717, 1.165) is 23.1 Å². The Hall–Kier alpha value is -2.10. The monoisotopic (exact) mass is 256 g/mol. The van der Waals surface area contributed by atoms with Crippen molar-refractivity contribution in [2.24, 2.45) is 7.05 Å². The lowest BCUT2D eigenvalue weighted by Crippen LogP contribution is -2.39. The number of nitrogens with zero attached hydrogens (tertiary/aromatic N) is 3. The van der Waals surface area contributed by atoms with Crippen LogP contribution in [-0.4, -0.2) is 10.3 Å². The van der Waals surface area contributed by atoms with Crippen LogP contribution in [0.3, 0.4) is 0 Å². The van der Waals surface area contributed by atoms with Gasteiger partial charge < -0.3 is 0 Å². The molecule has 4 heteroatoms. The Morgan fingerprint density at radius 2 is 1.89 bits per heavy atom. The van der Waals surface area contributed by atoms with E-state index in [0.29, 0.717) is 16.3 Å². The fraction of sp³-hybridized carbons (Fsp3) is 0.267. The maximum atomic E-state index is 14.8. The lowest BCUT2D eigenvalue weighted by molar-refractivity contribution is -0.741. The SMILES string of the molecule is CCc1c2c(F)c3ccccc3c(C)c2nn[n+]1C. The molecule has 0 aliphatic rings. The van der Waals surface area contributed by atoms with Crippen LogP contribution in [0.2, 0.25) is 0 Å². The summed E-state index contributed by atoms with van der Waals surface area (Å²) in [6, 6.07) is 7.51. The minimum absolute atomic E-state index is 0.196. The Labute approximate surface area is 110 Å². The molecule has 0 aliphatic heterocycles. The fourth-order valence-electron chi connectivity index (χ4n) is 2.68. The van der Waals surface area contributed by atoms with Crippen molar-refractivity contribution in [2.75, 3.05) is 0 Å². The highest BCUT2D eigenvalue weighted by Crippen LogP contribution is 2.30. The third-order valence-electron chi connectivity index (χ3n) is 3.67. The third-order valence-corrected chi connectivity index (χ3v) is 3.67. The average Bonchev–Trinajstić information content (AvgIpc) is 2.44. The summed E-state index contributed by atoms with van der Waals surface area (Å²) in [5, 5.41) is 10.4. The molecule has 3 nitrogen and oxygen atoms in total. The van der Waals surface area contributed by atoms with Crippen LogP contribution in [0.5, 0.6) is 0 Å². The summed E-state index contributed by atoms with van der Waals surface area (Å²) in [6.45, 7) is 3.97. The van der Waals surface area contributed by atoms with E-state index < -0.39 is 0 Å². The van der Waals surface area contributed by atoms with Gasteiger partial charge in [0, 0.05) is 17.4 Å². The number of benzene rings is 2. The van der Waals surface area contributed by atoms with E-state index in [-0.39, 0.29) is 5.82 Å². The Bertz CT molecular complexity index is 796. The molecule has 0 unspecified atom stereocenters. The van der Waals surface area contributed by atoms with Crippen molar-refractivity contribution in [3.8, 4) is 0 Å². The van der Waals surface area contributed by atoms with Crippen molar-refractivity contribution in [3.05, 3.63) is 41.3 Å². The topological polar surface area (TPSA) is 29.7 Å². The van der Waals surface area contributed by atoms with Gasteiger partial charge in [-0.15, -0.1) is 4.68 Å². The smallest absolute Gasteiger partial charge is 0.205 e.